The number of hydrogen-bond donors (Lipinski definition) is 4. The Morgan fingerprint density at radius 2 is 2.29 bits per heavy atom. The summed E-state index contributed by atoms with van der Waals surface area (Å²) >= 11 is 1.17. The monoisotopic (exact) mass is 217 g/mol. The summed E-state index contributed by atoms with van der Waals surface area (Å²) in [4.78, 5) is 10.0. The molecule has 0 aromatic rings. The van der Waals surface area contributed by atoms with Crippen molar-refractivity contribution in [3.63, 3.8) is 0 Å². The highest BCUT2D eigenvalue weighted by molar-refractivity contribution is 8.03. The van der Waals surface area contributed by atoms with Crippen molar-refractivity contribution in [1.82, 2.24) is 21.3 Å². The van der Waals surface area contributed by atoms with E-state index in [1.165, 1.54) is 18.0 Å². The van der Waals surface area contributed by atoms with E-state index in [0.717, 1.165) is 13.1 Å². The van der Waals surface area contributed by atoms with Gasteiger partial charge in [0, 0.05) is 13.1 Å². The second-order valence-electron chi connectivity index (χ2n) is 2.91. The molecule has 0 saturated carbocycles. The maximum Gasteiger partial charge on any atom is 0.322 e. The molecule has 14 heavy (non-hydrogen) atoms. The highest BCUT2D eigenvalue weighted by atomic mass is 32.2. The summed E-state index contributed by atoms with van der Waals surface area (Å²) in [7, 11) is 0. The zero-order chi connectivity index (χ0) is 9.97. The Bertz CT molecular complexity index is 265. The SMILES string of the molecule is O=[N+]([O-])C1=CNC(NC2NCCN2)S1. The van der Waals surface area contributed by atoms with E-state index < -0.39 is 4.92 Å². The van der Waals surface area contributed by atoms with Crippen LogP contribution in [0.15, 0.2) is 11.2 Å². The fourth-order valence-electron chi connectivity index (χ4n) is 1.29. The van der Waals surface area contributed by atoms with Crippen LogP contribution in [0.25, 0.3) is 0 Å². The topological polar surface area (TPSA) is 91.3 Å². The van der Waals surface area contributed by atoms with E-state index in [9.17, 15) is 10.1 Å². The number of thioether (sulfide) groups is 1. The van der Waals surface area contributed by atoms with Crippen LogP contribution in [0.2, 0.25) is 0 Å². The van der Waals surface area contributed by atoms with Crippen molar-refractivity contribution in [2.45, 2.75) is 11.8 Å². The predicted octanol–water partition coefficient (Wildman–Crippen LogP) is -1.25. The van der Waals surface area contributed by atoms with Crippen LogP contribution >= 0.6 is 11.8 Å². The summed E-state index contributed by atoms with van der Waals surface area (Å²) < 4.78 is 0. The van der Waals surface area contributed by atoms with Crippen molar-refractivity contribution in [1.29, 1.82) is 0 Å². The molecule has 4 N–H and O–H groups in total. The van der Waals surface area contributed by atoms with Gasteiger partial charge in [-0.25, -0.2) is 0 Å². The second kappa shape index (κ2) is 4.13. The van der Waals surface area contributed by atoms with E-state index in [4.69, 9.17) is 0 Å². The molecule has 1 saturated heterocycles. The van der Waals surface area contributed by atoms with Gasteiger partial charge in [-0.05, 0) is 11.8 Å². The van der Waals surface area contributed by atoms with Gasteiger partial charge in [0.25, 0.3) is 0 Å². The van der Waals surface area contributed by atoms with E-state index in [1.807, 2.05) is 0 Å². The molecule has 78 valence electrons. The molecule has 1 unspecified atom stereocenters. The average molecular weight is 217 g/mol. The van der Waals surface area contributed by atoms with Crippen molar-refractivity contribution in [2.24, 2.45) is 0 Å². The van der Waals surface area contributed by atoms with E-state index in [-0.39, 0.29) is 16.8 Å². The third-order valence-electron chi connectivity index (χ3n) is 1.92. The molecular weight excluding hydrogens is 206 g/mol. The third kappa shape index (κ3) is 2.15. The van der Waals surface area contributed by atoms with Crippen molar-refractivity contribution >= 4 is 11.8 Å². The van der Waals surface area contributed by atoms with Crippen LogP contribution in [0.5, 0.6) is 0 Å². The Morgan fingerprint density at radius 1 is 1.57 bits per heavy atom. The van der Waals surface area contributed by atoms with Crippen LogP contribution in [0.3, 0.4) is 0 Å². The first kappa shape index (κ1) is 9.71. The lowest BCUT2D eigenvalue weighted by molar-refractivity contribution is -0.410. The van der Waals surface area contributed by atoms with Crippen LogP contribution in [-0.4, -0.2) is 29.8 Å². The molecule has 0 radical (unpaired) electrons. The van der Waals surface area contributed by atoms with E-state index in [1.54, 1.807) is 0 Å². The summed E-state index contributed by atoms with van der Waals surface area (Å²) in [5, 5.41) is 22.9. The van der Waals surface area contributed by atoms with Gasteiger partial charge in [-0.15, -0.1) is 0 Å². The maximum atomic E-state index is 10.4. The van der Waals surface area contributed by atoms with Crippen LogP contribution in [-0.2, 0) is 0 Å². The summed E-state index contributed by atoms with van der Waals surface area (Å²) in [6, 6.07) is 0. The normalized spacial score (nSPS) is 27.4. The first-order valence-corrected chi connectivity index (χ1v) is 5.14. The van der Waals surface area contributed by atoms with Crippen LogP contribution in [0.1, 0.15) is 0 Å². The van der Waals surface area contributed by atoms with Crippen molar-refractivity contribution in [3.8, 4) is 0 Å². The molecule has 2 aliphatic rings. The summed E-state index contributed by atoms with van der Waals surface area (Å²) in [6.07, 6.45) is 1.44. The Morgan fingerprint density at radius 3 is 2.86 bits per heavy atom. The fraction of sp³-hybridized carbons (Fsp3) is 0.667. The zero-order valence-electron chi connectivity index (χ0n) is 7.32. The van der Waals surface area contributed by atoms with Crippen molar-refractivity contribution in [3.05, 3.63) is 21.3 Å². The fourth-order valence-corrected chi connectivity index (χ4v) is 2.09. The zero-order valence-corrected chi connectivity index (χ0v) is 8.13. The Kier molecular flexibility index (Phi) is 2.87. The Labute approximate surface area is 84.8 Å². The predicted molar refractivity (Wildman–Crippen MR) is 52.5 cm³/mol. The first-order valence-electron chi connectivity index (χ1n) is 4.26. The van der Waals surface area contributed by atoms with Crippen LogP contribution in [0, 0.1) is 10.1 Å². The molecule has 0 aromatic heterocycles. The lowest BCUT2D eigenvalue weighted by Crippen LogP contribution is -2.51. The Balaban J connectivity index is 1.77. The minimum absolute atomic E-state index is 0.0273. The highest BCUT2D eigenvalue weighted by Crippen LogP contribution is 2.23. The number of nitro groups is 1. The average Bonchev–Trinajstić information content (AvgIpc) is 2.75. The minimum Gasteiger partial charge on any atom is -0.361 e. The molecule has 2 rings (SSSR count). The molecule has 0 spiro atoms. The Hall–Kier alpha value is -0.830. The van der Waals surface area contributed by atoms with Gasteiger partial charge in [0.1, 0.15) is 11.8 Å². The van der Waals surface area contributed by atoms with Crippen molar-refractivity contribution in [2.75, 3.05) is 13.1 Å². The summed E-state index contributed by atoms with van der Waals surface area (Å²) in [5.74, 6) is 0. The number of nitrogens with zero attached hydrogens (tertiary/aromatic N) is 1. The molecule has 2 heterocycles. The molecule has 0 bridgehead atoms. The van der Waals surface area contributed by atoms with Crippen molar-refractivity contribution < 1.29 is 4.92 Å². The maximum absolute atomic E-state index is 10.4. The van der Waals surface area contributed by atoms with Gasteiger partial charge < -0.3 is 5.32 Å². The van der Waals surface area contributed by atoms with E-state index >= 15 is 0 Å². The van der Waals surface area contributed by atoms with E-state index in [2.05, 4.69) is 21.3 Å². The molecule has 1 fully saturated rings. The number of hydrogen-bond acceptors (Lipinski definition) is 7. The molecule has 0 amide bonds. The van der Waals surface area contributed by atoms with Gasteiger partial charge in [0.2, 0.25) is 0 Å². The van der Waals surface area contributed by atoms with Gasteiger partial charge in [0.15, 0.2) is 0 Å². The molecule has 8 heteroatoms. The lowest BCUT2D eigenvalue weighted by Gasteiger charge is -2.17. The molecular formula is C6H11N5O2S. The highest BCUT2D eigenvalue weighted by Gasteiger charge is 2.27. The third-order valence-corrected chi connectivity index (χ3v) is 2.93. The number of nitrogens with one attached hydrogen (secondary N) is 4. The molecule has 7 nitrogen and oxygen atoms in total. The van der Waals surface area contributed by atoms with Gasteiger partial charge in [0.05, 0.1) is 11.1 Å². The van der Waals surface area contributed by atoms with Gasteiger partial charge in [-0.2, -0.15) is 0 Å². The van der Waals surface area contributed by atoms with Gasteiger partial charge in [-0.1, -0.05) is 0 Å². The van der Waals surface area contributed by atoms with Gasteiger partial charge >= 0.3 is 5.03 Å². The standard InChI is InChI=1S/C6H11N5O2S/c12-11(13)4-3-9-6(14-4)10-5-7-1-2-8-5/h3,5-10H,1-2H2. The molecule has 1 atom stereocenters. The molecule has 0 aromatic carbocycles. The molecule has 0 aliphatic carbocycles. The quantitative estimate of drug-likeness (QED) is 0.347. The summed E-state index contributed by atoms with van der Waals surface area (Å²) in [5.41, 5.74) is -0.140. The second-order valence-corrected chi connectivity index (χ2v) is 4.04. The largest absolute Gasteiger partial charge is 0.361 e. The minimum atomic E-state index is -0.394. The lowest BCUT2D eigenvalue weighted by atomic mass is 10.7. The van der Waals surface area contributed by atoms with E-state index in [0.29, 0.717) is 0 Å². The van der Waals surface area contributed by atoms with Crippen LogP contribution < -0.4 is 21.3 Å². The summed E-state index contributed by atoms with van der Waals surface area (Å²) in [6.45, 7) is 1.81. The van der Waals surface area contributed by atoms with Gasteiger partial charge in [-0.3, -0.25) is 26.1 Å². The first-order chi connectivity index (χ1) is 6.75. The number of rotatable bonds is 3. The van der Waals surface area contributed by atoms with Crippen LogP contribution in [0.4, 0.5) is 0 Å². The smallest absolute Gasteiger partial charge is 0.322 e. The molecule has 2 aliphatic heterocycles.